The molecule has 0 saturated carbocycles. The minimum atomic E-state index is -4.38. The van der Waals surface area contributed by atoms with Crippen molar-refractivity contribution in [2.45, 2.75) is 13.1 Å². The predicted molar refractivity (Wildman–Crippen MR) is 107 cm³/mol. The number of amides is 1. The number of pyridine rings is 1. The molecule has 2 heterocycles. The van der Waals surface area contributed by atoms with E-state index in [0.29, 0.717) is 28.4 Å². The maximum Gasteiger partial charge on any atom is 0.416 e. The van der Waals surface area contributed by atoms with Crippen molar-refractivity contribution in [2.24, 2.45) is 0 Å². The van der Waals surface area contributed by atoms with E-state index in [1.54, 1.807) is 47.1 Å². The van der Waals surface area contributed by atoms with Gasteiger partial charge in [-0.25, -0.2) is 4.52 Å². The molecule has 4 rings (SSSR count). The third-order valence-electron chi connectivity index (χ3n) is 4.35. The molecule has 30 heavy (non-hydrogen) atoms. The van der Waals surface area contributed by atoms with Gasteiger partial charge < -0.3 is 10.6 Å². The maximum absolute atomic E-state index is 12.8. The number of carbonyl (C=O) groups excluding carboxylic acids is 1. The largest absolute Gasteiger partial charge is 0.416 e. The van der Waals surface area contributed by atoms with Crippen molar-refractivity contribution in [3.63, 3.8) is 0 Å². The molecule has 2 aromatic heterocycles. The third-order valence-corrected chi connectivity index (χ3v) is 4.35. The van der Waals surface area contributed by atoms with Gasteiger partial charge in [0.05, 0.1) is 5.56 Å². The molecule has 6 nitrogen and oxygen atoms in total. The van der Waals surface area contributed by atoms with Crippen molar-refractivity contribution in [1.29, 1.82) is 0 Å². The number of carbonyl (C=O) groups is 1. The molecular formula is C21H16F3N5O. The summed E-state index contributed by atoms with van der Waals surface area (Å²) >= 11 is 0. The van der Waals surface area contributed by atoms with Gasteiger partial charge in [0.15, 0.2) is 5.65 Å². The van der Waals surface area contributed by atoms with Crippen LogP contribution in [0.3, 0.4) is 0 Å². The van der Waals surface area contributed by atoms with Crippen LogP contribution in [0.5, 0.6) is 0 Å². The number of nitrogens with one attached hydrogen (secondary N) is 2. The van der Waals surface area contributed by atoms with Crippen LogP contribution in [0, 0.1) is 0 Å². The highest BCUT2D eigenvalue weighted by Crippen LogP contribution is 2.32. The molecule has 0 aliphatic rings. The molecule has 0 bridgehead atoms. The Labute approximate surface area is 169 Å². The minimum Gasteiger partial charge on any atom is -0.326 e. The Bertz CT molecular complexity index is 1200. The van der Waals surface area contributed by atoms with Crippen molar-refractivity contribution in [1.82, 2.24) is 14.6 Å². The number of fused-ring (bicyclic) bond motifs is 1. The van der Waals surface area contributed by atoms with Gasteiger partial charge in [0.2, 0.25) is 11.9 Å². The molecular weight excluding hydrogens is 395 g/mol. The lowest BCUT2D eigenvalue weighted by Gasteiger charge is -2.08. The number of nitrogens with zero attached hydrogens (tertiary/aromatic N) is 3. The lowest BCUT2D eigenvalue weighted by Crippen LogP contribution is -2.05. The number of hydrogen-bond donors (Lipinski definition) is 2. The molecule has 2 aromatic carbocycles. The van der Waals surface area contributed by atoms with Crippen molar-refractivity contribution in [2.75, 3.05) is 10.6 Å². The van der Waals surface area contributed by atoms with E-state index in [2.05, 4.69) is 20.7 Å². The summed E-state index contributed by atoms with van der Waals surface area (Å²) in [6.45, 7) is 1.43. The summed E-state index contributed by atoms with van der Waals surface area (Å²) in [5, 5.41) is 10.1. The number of hydrogen-bond acceptors (Lipinski definition) is 4. The molecule has 0 atom stereocenters. The predicted octanol–water partition coefficient (Wildman–Crippen LogP) is 5.12. The molecule has 4 aromatic rings. The van der Waals surface area contributed by atoms with E-state index in [1.807, 2.05) is 0 Å². The Hall–Kier alpha value is -3.88. The molecule has 0 radical (unpaired) electrons. The lowest BCUT2D eigenvalue weighted by molar-refractivity contribution is -0.137. The topological polar surface area (TPSA) is 71.3 Å². The number of rotatable bonds is 4. The second kappa shape index (κ2) is 7.51. The SMILES string of the molecule is CC(=O)Nc1ccc(Nc2nc3c(-c4ccc(C(F)(F)F)cc4)cccn3n2)cc1. The molecule has 0 aliphatic heterocycles. The first-order valence-corrected chi connectivity index (χ1v) is 8.97. The Morgan fingerprint density at radius 1 is 0.967 bits per heavy atom. The van der Waals surface area contributed by atoms with Crippen LogP contribution in [-0.4, -0.2) is 20.5 Å². The van der Waals surface area contributed by atoms with Crippen LogP contribution in [0.4, 0.5) is 30.5 Å². The van der Waals surface area contributed by atoms with E-state index in [-0.39, 0.29) is 5.91 Å². The van der Waals surface area contributed by atoms with Crippen LogP contribution in [0.2, 0.25) is 0 Å². The first kappa shape index (κ1) is 19.4. The Balaban J connectivity index is 1.61. The highest BCUT2D eigenvalue weighted by Gasteiger charge is 2.30. The van der Waals surface area contributed by atoms with Gasteiger partial charge in [-0.2, -0.15) is 18.2 Å². The smallest absolute Gasteiger partial charge is 0.326 e. The number of halogens is 3. The summed E-state index contributed by atoms with van der Waals surface area (Å²) < 4.78 is 40.0. The van der Waals surface area contributed by atoms with Crippen LogP contribution in [-0.2, 0) is 11.0 Å². The Morgan fingerprint density at radius 2 is 1.63 bits per heavy atom. The van der Waals surface area contributed by atoms with Gasteiger partial charge >= 0.3 is 6.18 Å². The molecule has 0 fully saturated rings. The monoisotopic (exact) mass is 411 g/mol. The zero-order chi connectivity index (χ0) is 21.3. The molecule has 152 valence electrons. The fourth-order valence-corrected chi connectivity index (χ4v) is 2.99. The molecule has 0 aliphatic carbocycles. The number of alkyl halides is 3. The van der Waals surface area contributed by atoms with Gasteiger partial charge in [0.1, 0.15) is 0 Å². The van der Waals surface area contributed by atoms with Gasteiger partial charge in [0.25, 0.3) is 0 Å². The summed E-state index contributed by atoms with van der Waals surface area (Å²) in [7, 11) is 0. The van der Waals surface area contributed by atoms with Crippen LogP contribution >= 0.6 is 0 Å². The highest BCUT2D eigenvalue weighted by atomic mass is 19.4. The van der Waals surface area contributed by atoms with Gasteiger partial charge in [-0.05, 0) is 54.1 Å². The van der Waals surface area contributed by atoms with Gasteiger partial charge in [-0.15, -0.1) is 5.10 Å². The minimum absolute atomic E-state index is 0.159. The second-order valence-corrected chi connectivity index (χ2v) is 6.58. The van der Waals surface area contributed by atoms with Gasteiger partial charge in [0, 0.05) is 30.1 Å². The number of anilines is 3. The summed E-state index contributed by atoms with van der Waals surface area (Å²) in [4.78, 5) is 15.6. The maximum atomic E-state index is 12.8. The Kier molecular flexibility index (Phi) is 4.86. The van der Waals surface area contributed by atoms with E-state index in [0.717, 1.165) is 17.8 Å². The standard InChI is InChI=1S/C21H16F3N5O/c1-13(30)25-16-8-10-17(11-9-16)26-20-27-19-18(3-2-12-29(19)28-20)14-4-6-15(7-5-14)21(22,23)24/h2-12H,1H3,(H,25,30)(H,26,28). The number of benzene rings is 2. The van der Waals surface area contributed by atoms with E-state index in [1.165, 1.54) is 19.1 Å². The molecule has 2 N–H and O–H groups in total. The zero-order valence-electron chi connectivity index (χ0n) is 15.7. The van der Waals surface area contributed by atoms with Crippen LogP contribution in [0.15, 0.2) is 66.9 Å². The molecule has 1 amide bonds. The van der Waals surface area contributed by atoms with Crippen molar-refractivity contribution in [3.8, 4) is 11.1 Å². The fraction of sp³-hybridized carbons (Fsp3) is 0.0952. The average Bonchev–Trinajstić information content (AvgIpc) is 3.11. The number of aromatic nitrogens is 3. The van der Waals surface area contributed by atoms with Gasteiger partial charge in [-0.3, -0.25) is 4.79 Å². The second-order valence-electron chi connectivity index (χ2n) is 6.58. The van der Waals surface area contributed by atoms with Crippen LogP contribution in [0.1, 0.15) is 12.5 Å². The van der Waals surface area contributed by atoms with Crippen molar-refractivity contribution in [3.05, 3.63) is 72.4 Å². The zero-order valence-corrected chi connectivity index (χ0v) is 15.7. The van der Waals surface area contributed by atoms with Crippen LogP contribution in [0.25, 0.3) is 16.8 Å². The summed E-state index contributed by atoms with van der Waals surface area (Å²) in [6, 6.07) is 15.5. The average molecular weight is 411 g/mol. The molecule has 0 saturated heterocycles. The van der Waals surface area contributed by atoms with Crippen LogP contribution < -0.4 is 10.6 Å². The first-order chi connectivity index (χ1) is 14.3. The van der Waals surface area contributed by atoms with E-state index >= 15 is 0 Å². The summed E-state index contributed by atoms with van der Waals surface area (Å²) in [5.74, 6) is 0.176. The van der Waals surface area contributed by atoms with E-state index in [4.69, 9.17) is 0 Å². The summed E-state index contributed by atoms with van der Waals surface area (Å²) in [5.41, 5.74) is 2.45. The normalized spacial score (nSPS) is 11.5. The van der Waals surface area contributed by atoms with E-state index < -0.39 is 11.7 Å². The molecule has 0 unspecified atom stereocenters. The summed E-state index contributed by atoms with van der Waals surface area (Å²) in [6.07, 6.45) is -2.67. The third kappa shape index (κ3) is 4.09. The van der Waals surface area contributed by atoms with Gasteiger partial charge in [-0.1, -0.05) is 12.1 Å². The highest BCUT2D eigenvalue weighted by molar-refractivity contribution is 5.88. The fourth-order valence-electron chi connectivity index (χ4n) is 2.99. The first-order valence-electron chi connectivity index (χ1n) is 8.97. The van der Waals surface area contributed by atoms with E-state index in [9.17, 15) is 18.0 Å². The van der Waals surface area contributed by atoms with Crippen molar-refractivity contribution >= 4 is 28.9 Å². The quantitative estimate of drug-likeness (QED) is 0.489. The molecule has 0 spiro atoms. The lowest BCUT2D eigenvalue weighted by atomic mass is 10.0. The Morgan fingerprint density at radius 3 is 2.27 bits per heavy atom. The van der Waals surface area contributed by atoms with Crippen molar-refractivity contribution < 1.29 is 18.0 Å². The molecule has 9 heteroatoms.